The molecular weight excluding hydrogens is 186 g/mol. The predicted molar refractivity (Wildman–Crippen MR) is 46.9 cm³/mol. The summed E-state index contributed by atoms with van der Waals surface area (Å²) >= 11 is 5.50. The lowest BCUT2D eigenvalue weighted by molar-refractivity contribution is 0.533. The Morgan fingerprint density at radius 2 is 1.82 bits per heavy atom. The first-order valence-electron chi connectivity index (χ1n) is 3.70. The molecule has 0 aliphatic carbocycles. The summed E-state index contributed by atoms with van der Waals surface area (Å²) < 4.78 is 23.1. The van der Waals surface area contributed by atoms with E-state index < -0.39 is 10.0 Å². The van der Waals surface area contributed by atoms with Crippen LogP contribution in [0.3, 0.4) is 0 Å². The van der Waals surface area contributed by atoms with Crippen molar-refractivity contribution in [1.29, 1.82) is 0 Å². The molecular formula is C6H14ClNO2S. The standard InChI is InChI=1S/C6H14ClNO2S/c1-3-5-8(7)11(9,10)6-4-2/h3-6H2,1-2H3. The molecule has 0 N–H and O–H groups in total. The summed E-state index contributed by atoms with van der Waals surface area (Å²) in [6.07, 6.45) is 1.35. The van der Waals surface area contributed by atoms with E-state index in [1.54, 1.807) is 0 Å². The van der Waals surface area contributed by atoms with Gasteiger partial charge in [0.25, 0.3) is 0 Å². The molecule has 0 saturated carbocycles. The smallest absolute Gasteiger partial charge is 0.211 e. The first-order chi connectivity index (χ1) is 5.04. The van der Waals surface area contributed by atoms with Crippen LogP contribution in [-0.4, -0.2) is 24.5 Å². The van der Waals surface area contributed by atoms with Gasteiger partial charge in [0.2, 0.25) is 10.0 Å². The van der Waals surface area contributed by atoms with E-state index in [1.807, 2.05) is 13.8 Å². The molecule has 11 heavy (non-hydrogen) atoms. The third kappa shape index (κ3) is 3.94. The quantitative estimate of drug-likeness (QED) is 0.631. The third-order valence-electron chi connectivity index (χ3n) is 1.16. The molecule has 68 valence electrons. The van der Waals surface area contributed by atoms with Crippen LogP contribution in [-0.2, 0) is 10.0 Å². The van der Waals surface area contributed by atoms with Crippen molar-refractivity contribution < 1.29 is 8.42 Å². The molecule has 0 rings (SSSR count). The fourth-order valence-corrected chi connectivity index (χ4v) is 2.22. The van der Waals surface area contributed by atoms with Crippen LogP contribution in [0.4, 0.5) is 0 Å². The molecule has 0 amide bonds. The molecule has 0 unspecified atom stereocenters. The molecule has 0 aromatic carbocycles. The topological polar surface area (TPSA) is 37.4 Å². The summed E-state index contributed by atoms with van der Waals surface area (Å²) in [6, 6.07) is 0. The maximum absolute atomic E-state index is 11.1. The summed E-state index contributed by atoms with van der Waals surface area (Å²) in [5.41, 5.74) is 0. The number of hydrogen-bond acceptors (Lipinski definition) is 2. The van der Waals surface area contributed by atoms with E-state index in [0.29, 0.717) is 13.0 Å². The van der Waals surface area contributed by atoms with Crippen LogP contribution in [0.25, 0.3) is 0 Å². The molecule has 0 aliphatic heterocycles. The average molecular weight is 200 g/mol. The van der Waals surface area contributed by atoms with Crippen LogP contribution in [0, 0.1) is 0 Å². The molecule has 0 aliphatic rings. The first-order valence-corrected chi connectivity index (χ1v) is 5.65. The second-order valence-corrected chi connectivity index (χ2v) is 4.95. The minimum atomic E-state index is -3.17. The summed E-state index contributed by atoms with van der Waals surface area (Å²) in [7, 11) is -3.17. The lowest BCUT2D eigenvalue weighted by atomic mass is 10.5. The number of hydrogen-bond donors (Lipinski definition) is 0. The largest absolute Gasteiger partial charge is 0.227 e. The Morgan fingerprint density at radius 1 is 1.27 bits per heavy atom. The minimum absolute atomic E-state index is 0.135. The second kappa shape index (κ2) is 4.95. The van der Waals surface area contributed by atoms with Gasteiger partial charge < -0.3 is 0 Å². The van der Waals surface area contributed by atoms with Crippen molar-refractivity contribution in [2.24, 2.45) is 0 Å². The molecule has 3 nitrogen and oxygen atoms in total. The van der Waals surface area contributed by atoms with E-state index in [1.165, 1.54) is 0 Å². The van der Waals surface area contributed by atoms with E-state index in [4.69, 9.17) is 11.8 Å². The van der Waals surface area contributed by atoms with Crippen LogP contribution in [0.5, 0.6) is 0 Å². The first kappa shape index (κ1) is 11.2. The Hall–Kier alpha value is 0.200. The maximum atomic E-state index is 11.1. The van der Waals surface area contributed by atoms with Crippen LogP contribution in [0.1, 0.15) is 26.7 Å². The maximum Gasteiger partial charge on any atom is 0.227 e. The Kier molecular flexibility index (Phi) is 5.04. The van der Waals surface area contributed by atoms with E-state index >= 15 is 0 Å². The molecule has 0 heterocycles. The lowest BCUT2D eigenvalue weighted by Gasteiger charge is -2.11. The molecule has 0 saturated heterocycles. The zero-order valence-corrected chi connectivity index (χ0v) is 8.45. The lowest BCUT2D eigenvalue weighted by Crippen LogP contribution is -2.24. The monoisotopic (exact) mass is 199 g/mol. The van der Waals surface area contributed by atoms with Gasteiger partial charge >= 0.3 is 0 Å². The third-order valence-corrected chi connectivity index (χ3v) is 3.67. The van der Waals surface area contributed by atoms with Crippen molar-refractivity contribution in [3.8, 4) is 0 Å². The van der Waals surface area contributed by atoms with Gasteiger partial charge in [-0.3, -0.25) is 0 Å². The van der Waals surface area contributed by atoms with Crippen LogP contribution in [0.15, 0.2) is 0 Å². The Labute approximate surface area is 73.5 Å². The summed E-state index contributed by atoms with van der Waals surface area (Å²) in [5, 5.41) is 0. The minimum Gasteiger partial charge on any atom is -0.211 e. The van der Waals surface area contributed by atoms with Gasteiger partial charge in [0, 0.05) is 6.54 Å². The molecule has 0 fully saturated rings. The normalized spacial score (nSPS) is 12.4. The molecule has 0 spiro atoms. The highest BCUT2D eigenvalue weighted by Crippen LogP contribution is 2.07. The SMILES string of the molecule is CCCN(Cl)S(=O)(=O)CCC. The number of rotatable bonds is 5. The fraction of sp³-hybridized carbons (Fsp3) is 1.00. The zero-order chi connectivity index (χ0) is 8.91. The number of nitrogens with zero attached hydrogens (tertiary/aromatic N) is 1. The van der Waals surface area contributed by atoms with Crippen molar-refractivity contribution in [3.63, 3.8) is 0 Å². The Balaban J connectivity index is 4.07. The second-order valence-electron chi connectivity index (χ2n) is 2.33. The summed E-state index contributed by atoms with van der Waals surface area (Å²) in [4.78, 5) is 0. The van der Waals surface area contributed by atoms with Gasteiger partial charge in [-0.1, -0.05) is 13.8 Å². The van der Waals surface area contributed by atoms with Crippen LogP contribution >= 0.6 is 11.8 Å². The van der Waals surface area contributed by atoms with Gasteiger partial charge in [0.15, 0.2) is 0 Å². The van der Waals surface area contributed by atoms with Crippen LogP contribution in [0.2, 0.25) is 0 Å². The summed E-state index contributed by atoms with van der Waals surface area (Å²) in [6.45, 7) is 4.09. The molecule has 0 bridgehead atoms. The van der Waals surface area contributed by atoms with Crippen molar-refractivity contribution in [3.05, 3.63) is 0 Å². The predicted octanol–water partition coefficient (Wildman–Crippen LogP) is 1.59. The number of sulfonamides is 1. The fourth-order valence-electron chi connectivity index (χ4n) is 0.672. The highest BCUT2D eigenvalue weighted by molar-refractivity contribution is 7.89. The Bertz CT molecular complexity index is 191. The summed E-state index contributed by atoms with van der Waals surface area (Å²) in [5.74, 6) is 0.135. The van der Waals surface area contributed by atoms with Gasteiger partial charge in [0.05, 0.1) is 5.75 Å². The zero-order valence-electron chi connectivity index (χ0n) is 6.88. The molecule has 0 radical (unpaired) electrons. The van der Waals surface area contributed by atoms with E-state index in [-0.39, 0.29) is 5.75 Å². The molecule has 5 heteroatoms. The van der Waals surface area contributed by atoms with Crippen molar-refractivity contribution in [2.75, 3.05) is 12.3 Å². The van der Waals surface area contributed by atoms with Gasteiger partial charge in [-0.2, -0.15) is 0 Å². The van der Waals surface area contributed by atoms with Gasteiger partial charge in [-0.05, 0) is 24.6 Å². The Morgan fingerprint density at radius 3 is 2.18 bits per heavy atom. The van der Waals surface area contributed by atoms with Crippen molar-refractivity contribution >= 4 is 21.8 Å². The van der Waals surface area contributed by atoms with Crippen molar-refractivity contribution in [2.45, 2.75) is 26.7 Å². The molecule has 0 atom stereocenters. The average Bonchev–Trinajstić information content (AvgIpc) is 1.88. The number of halogens is 1. The van der Waals surface area contributed by atoms with Gasteiger partial charge in [-0.25, -0.2) is 8.42 Å². The highest BCUT2D eigenvalue weighted by atomic mass is 35.5. The van der Waals surface area contributed by atoms with E-state index in [2.05, 4.69) is 0 Å². The van der Waals surface area contributed by atoms with E-state index in [9.17, 15) is 8.42 Å². The van der Waals surface area contributed by atoms with Gasteiger partial charge in [0.1, 0.15) is 0 Å². The van der Waals surface area contributed by atoms with Crippen LogP contribution < -0.4 is 0 Å². The van der Waals surface area contributed by atoms with Gasteiger partial charge in [-0.15, -0.1) is 3.82 Å². The van der Waals surface area contributed by atoms with E-state index in [0.717, 1.165) is 10.2 Å². The van der Waals surface area contributed by atoms with Crippen molar-refractivity contribution in [1.82, 2.24) is 3.82 Å². The molecule has 0 aromatic heterocycles. The molecule has 0 aromatic rings. The highest BCUT2D eigenvalue weighted by Gasteiger charge is 2.16.